The average Bonchev–Trinajstić information content (AvgIpc) is 3.31. The Morgan fingerprint density at radius 1 is 1.22 bits per heavy atom. The highest BCUT2D eigenvalue weighted by Gasteiger charge is 2.19. The number of aryl methyl sites for hydroxylation is 1. The number of nitrogens with zero attached hydrogens (tertiary/aromatic N) is 5. The number of nitrogens with two attached hydrogens (primary N) is 1. The van der Waals surface area contributed by atoms with Crippen LogP contribution in [0.3, 0.4) is 0 Å². The second-order valence-corrected chi connectivity index (χ2v) is 6.03. The highest BCUT2D eigenvalue weighted by atomic mass is 15.2. The van der Waals surface area contributed by atoms with E-state index in [1.807, 2.05) is 41.8 Å². The first kappa shape index (κ1) is 16.8. The van der Waals surface area contributed by atoms with E-state index in [0.29, 0.717) is 41.8 Å². The van der Waals surface area contributed by atoms with Crippen LogP contribution < -0.4 is 11.1 Å². The van der Waals surface area contributed by atoms with Crippen molar-refractivity contribution >= 4 is 29.0 Å². The lowest BCUT2D eigenvalue weighted by Gasteiger charge is -2.08. The monoisotopic (exact) mass is 360 g/mol. The summed E-state index contributed by atoms with van der Waals surface area (Å²) in [6.07, 6.45) is 3.45. The summed E-state index contributed by atoms with van der Waals surface area (Å²) in [7, 11) is 0. The molecule has 0 saturated carbocycles. The van der Waals surface area contributed by atoms with Crippen molar-refractivity contribution in [2.75, 3.05) is 11.1 Å². The molecule has 27 heavy (non-hydrogen) atoms. The lowest BCUT2D eigenvalue weighted by Crippen LogP contribution is -2.07. The van der Waals surface area contributed by atoms with Crippen LogP contribution in [0.1, 0.15) is 18.1 Å². The molecule has 4 N–H and O–H groups in total. The summed E-state index contributed by atoms with van der Waals surface area (Å²) in [5, 5.41) is 10.3. The predicted molar refractivity (Wildman–Crippen MR) is 107 cm³/mol. The van der Waals surface area contributed by atoms with E-state index < -0.39 is 0 Å². The Hall–Kier alpha value is -3.68. The Balaban J connectivity index is 1.76. The number of fused-ring (bicyclic) bond motifs is 1. The van der Waals surface area contributed by atoms with Gasteiger partial charge in [-0.25, -0.2) is 4.98 Å². The normalized spacial score (nSPS) is 11.0. The molecule has 0 aliphatic carbocycles. The quantitative estimate of drug-likeness (QED) is 0.487. The zero-order valence-electron chi connectivity index (χ0n) is 15.0. The van der Waals surface area contributed by atoms with Gasteiger partial charge < -0.3 is 15.6 Å². The van der Waals surface area contributed by atoms with Crippen molar-refractivity contribution in [1.82, 2.24) is 29.7 Å². The van der Waals surface area contributed by atoms with Gasteiger partial charge in [0.15, 0.2) is 22.8 Å². The first-order chi connectivity index (χ1) is 13.2. The fourth-order valence-corrected chi connectivity index (χ4v) is 3.00. The summed E-state index contributed by atoms with van der Waals surface area (Å²) < 4.78 is 1.99. The predicted octanol–water partition coefficient (Wildman–Crippen LogP) is 3.07. The average molecular weight is 360 g/mol. The van der Waals surface area contributed by atoms with E-state index in [9.17, 15) is 0 Å². The van der Waals surface area contributed by atoms with Gasteiger partial charge in [-0.2, -0.15) is 15.1 Å². The Kier molecular flexibility index (Phi) is 4.29. The summed E-state index contributed by atoms with van der Waals surface area (Å²) >= 11 is 0. The van der Waals surface area contributed by atoms with E-state index in [1.165, 1.54) is 0 Å². The summed E-state index contributed by atoms with van der Waals surface area (Å²) in [5.41, 5.74) is 10.2. The first-order valence-electron chi connectivity index (χ1n) is 8.69. The van der Waals surface area contributed by atoms with Gasteiger partial charge in [-0.3, -0.25) is 5.10 Å². The topological polar surface area (TPSA) is 110 Å². The largest absolute Gasteiger partial charge is 0.382 e. The molecule has 8 nitrogen and oxygen atoms in total. The van der Waals surface area contributed by atoms with Crippen molar-refractivity contribution in [1.29, 1.82) is 0 Å². The summed E-state index contributed by atoms with van der Waals surface area (Å²) in [5.74, 6) is 1.52. The van der Waals surface area contributed by atoms with Crippen LogP contribution in [0.25, 0.3) is 28.8 Å². The molecule has 1 aromatic carbocycles. The molecule has 0 radical (unpaired) electrons. The van der Waals surface area contributed by atoms with Crippen molar-refractivity contribution < 1.29 is 0 Å². The fraction of sp³-hybridized carbons (Fsp3) is 0.158. The third kappa shape index (κ3) is 3.01. The molecule has 0 spiro atoms. The molecule has 0 bridgehead atoms. The lowest BCUT2D eigenvalue weighted by atomic mass is 10.2. The number of hydrogen-bond acceptors (Lipinski definition) is 6. The molecule has 3 aromatic heterocycles. The highest BCUT2D eigenvalue weighted by molar-refractivity contribution is 5.87. The van der Waals surface area contributed by atoms with Gasteiger partial charge >= 0.3 is 0 Å². The highest BCUT2D eigenvalue weighted by Crippen LogP contribution is 2.28. The molecule has 0 atom stereocenters. The number of H-pyrrole nitrogens is 1. The standard InChI is InChI=1S/C19H20N8/c1-3-13-11-22-26-14(13)17-23-15-16(20)24-19(25-18(15)27(17)4-2)21-10-12-8-6-5-7-9-12/h3,5-9,11H,1,4,10H2,2H3,(H,22,26)(H3,20,21,24,25). The maximum atomic E-state index is 6.17. The summed E-state index contributed by atoms with van der Waals surface area (Å²) in [6, 6.07) is 10.1. The molecule has 0 fully saturated rings. The van der Waals surface area contributed by atoms with Gasteiger partial charge in [-0.05, 0) is 12.5 Å². The molecule has 4 aromatic rings. The number of nitrogen functional groups attached to an aromatic ring is 1. The van der Waals surface area contributed by atoms with Crippen LogP contribution in [0.2, 0.25) is 0 Å². The number of hydrogen-bond donors (Lipinski definition) is 3. The van der Waals surface area contributed by atoms with Gasteiger partial charge in [0, 0.05) is 18.7 Å². The van der Waals surface area contributed by atoms with Gasteiger partial charge in [0.25, 0.3) is 0 Å². The van der Waals surface area contributed by atoms with Crippen LogP contribution in [0.15, 0.2) is 43.1 Å². The maximum absolute atomic E-state index is 6.17. The van der Waals surface area contributed by atoms with Gasteiger partial charge in [0.1, 0.15) is 5.69 Å². The number of rotatable bonds is 6. The molecule has 4 rings (SSSR count). The number of benzene rings is 1. The number of aromatic amines is 1. The molecule has 0 amide bonds. The maximum Gasteiger partial charge on any atom is 0.227 e. The molecule has 3 heterocycles. The summed E-state index contributed by atoms with van der Waals surface area (Å²) in [4.78, 5) is 13.7. The Labute approximate surface area is 156 Å². The van der Waals surface area contributed by atoms with Crippen molar-refractivity contribution in [3.8, 4) is 11.5 Å². The first-order valence-corrected chi connectivity index (χ1v) is 8.69. The third-order valence-corrected chi connectivity index (χ3v) is 4.34. The molecule has 0 aliphatic heterocycles. The van der Waals surface area contributed by atoms with Crippen LogP contribution in [0.4, 0.5) is 11.8 Å². The van der Waals surface area contributed by atoms with Crippen molar-refractivity contribution in [2.45, 2.75) is 20.0 Å². The van der Waals surface area contributed by atoms with Crippen LogP contribution >= 0.6 is 0 Å². The van der Waals surface area contributed by atoms with E-state index in [1.54, 1.807) is 12.3 Å². The molecular weight excluding hydrogens is 340 g/mol. The van der Waals surface area contributed by atoms with Crippen molar-refractivity contribution in [2.24, 2.45) is 0 Å². The number of aromatic nitrogens is 6. The van der Waals surface area contributed by atoms with E-state index in [-0.39, 0.29) is 0 Å². The minimum absolute atomic E-state index is 0.337. The minimum Gasteiger partial charge on any atom is -0.382 e. The van der Waals surface area contributed by atoms with E-state index in [0.717, 1.165) is 16.8 Å². The zero-order chi connectivity index (χ0) is 18.8. The van der Waals surface area contributed by atoms with Gasteiger partial charge in [0.2, 0.25) is 5.95 Å². The second kappa shape index (κ2) is 6.91. The van der Waals surface area contributed by atoms with Gasteiger partial charge in [-0.1, -0.05) is 43.0 Å². The Morgan fingerprint density at radius 3 is 2.78 bits per heavy atom. The Morgan fingerprint density at radius 2 is 2.04 bits per heavy atom. The lowest BCUT2D eigenvalue weighted by molar-refractivity contribution is 0.782. The van der Waals surface area contributed by atoms with Crippen LogP contribution in [-0.2, 0) is 13.1 Å². The van der Waals surface area contributed by atoms with Crippen LogP contribution in [-0.4, -0.2) is 29.7 Å². The second-order valence-electron chi connectivity index (χ2n) is 6.03. The van der Waals surface area contributed by atoms with Crippen LogP contribution in [0, 0.1) is 0 Å². The fourth-order valence-electron chi connectivity index (χ4n) is 3.00. The molecule has 0 unspecified atom stereocenters. The Bertz CT molecular complexity index is 1090. The summed E-state index contributed by atoms with van der Waals surface area (Å²) in [6.45, 7) is 7.14. The molecule has 0 aliphatic rings. The zero-order valence-corrected chi connectivity index (χ0v) is 15.0. The van der Waals surface area contributed by atoms with Gasteiger partial charge in [-0.15, -0.1) is 0 Å². The van der Waals surface area contributed by atoms with E-state index in [4.69, 9.17) is 5.73 Å². The molecule has 8 heteroatoms. The number of anilines is 2. The van der Waals surface area contributed by atoms with Crippen LogP contribution in [0.5, 0.6) is 0 Å². The number of imidazole rings is 1. The smallest absolute Gasteiger partial charge is 0.227 e. The third-order valence-electron chi connectivity index (χ3n) is 4.34. The van der Waals surface area contributed by atoms with E-state index in [2.05, 4.69) is 37.0 Å². The molecular formula is C19H20N8. The number of nitrogens with one attached hydrogen (secondary N) is 2. The molecule has 136 valence electrons. The van der Waals surface area contributed by atoms with Crippen molar-refractivity contribution in [3.05, 3.63) is 54.2 Å². The van der Waals surface area contributed by atoms with Crippen molar-refractivity contribution in [3.63, 3.8) is 0 Å². The van der Waals surface area contributed by atoms with E-state index >= 15 is 0 Å². The molecule has 0 saturated heterocycles. The minimum atomic E-state index is 0.337. The van der Waals surface area contributed by atoms with Gasteiger partial charge in [0.05, 0.1) is 6.20 Å². The SMILES string of the molecule is C=Cc1cn[nH]c1-c1nc2c(N)nc(NCc3ccccc3)nc2n1CC.